The van der Waals surface area contributed by atoms with Gasteiger partial charge < -0.3 is 15.5 Å². The minimum atomic E-state index is -1.29. The number of carbonyl (C=O) groups excluding carboxylic acids is 1. The van der Waals surface area contributed by atoms with Gasteiger partial charge in [0.15, 0.2) is 0 Å². The summed E-state index contributed by atoms with van der Waals surface area (Å²) in [6, 6.07) is 5.22. The van der Waals surface area contributed by atoms with Crippen molar-refractivity contribution >= 4 is 12.0 Å². The molecule has 0 unspecified atom stereocenters. The summed E-state index contributed by atoms with van der Waals surface area (Å²) in [6.07, 6.45) is -1.12. The third-order valence-corrected chi connectivity index (χ3v) is 2.56. The molecule has 0 aliphatic heterocycles. The Balaban J connectivity index is 2.82. The van der Waals surface area contributed by atoms with Crippen LogP contribution >= 0.6 is 0 Å². The van der Waals surface area contributed by atoms with Crippen LogP contribution in [0.4, 0.5) is 4.79 Å². The van der Waals surface area contributed by atoms with E-state index in [2.05, 4.69) is 5.32 Å². The Morgan fingerprint density at radius 2 is 1.95 bits per heavy atom. The number of hydroxylamine groups is 2. The van der Waals surface area contributed by atoms with Gasteiger partial charge in [0.2, 0.25) is 0 Å². The smallest absolute Gasteiger partial charge is 0.405 e. The van der Waals surface area contributed by atoms with Crippen LogP contribution in [0.3, 0.4) is 0 Å². The fourth-order valence-corrected chi connectivity index (χ4v) is 1.53. The average Bonchev–Trinajstić information content (AvgIpc) is 2.38. The van der Waals surface area contributed by atoms with E-state index < -0.39 is 18.0 Å². The van der Waals surface area contributed by atoms with Crippen LogP contribution in [0.15, 0.2) is 24.3 Å². The lowest BCUT2D eigenvalue weighted by Crippen LogP contribution is -2.47. The summed E-state index contributed by atoms with van der Waals surface area (Å²) >= 11 is 0. The molecule has 0 radical (unpaired) electrons. The summed E-state index contributed by atoms with van der Waals surface area (Å²) in [5.41, 5.74) is 0.717. The first-order chi connectivity index (χ1) is 8.93. The number of nitrogens with one attached hydrogen (secondary N) is 1. The second kappa shape index (κ2) is 6.60. The zero-order chi connectivity index (χ0) is 14.4. The number of hydrogen-bond donors (Lipinski definition) is 3. The van der Waals surface area contributed by atoms with Crippen molar-refractivity contribution < 1.29 is 24.6 Å². The molecule has 0 saturated heterocycles. The first-order valence-electron chi connectivity index (χ1n) is 5.53. The molecule has 0 saturated carbocycles. The van der Waals surface area contributed by atoms with Crippen molar-refractivity contribution in [2.75, 3.05) is 14.2 Å². The number of carboxylic acid groups (broad SMARTS) is 1. The molecule has 0 aliphatic carbocycles. The molecule has 1 rings (SSSR count). The van der Waals surface area contributed by atoms with E-state index in [1.807, 2.05) is 0 Å². The number of rotatable bonds is 5. The highest BCUT2D eigenvalue weighted by Crippen LogP contribution is 2.12. The number of carbonyl (C=O) groups is 2. The van der Waals surface area contributed by atoms with Crippen LogP contribution in [0.25, 0.3) is 0 Å². The van der Waals surface area contributed by atoms with Crippen molar-refractivity contribution in [1.29, 1.82) is 0 Å². The summed E-state index contributed by atoms with van der Waals surface area (Å²) in [4.78, 5) is 27.4. The molecule has 0 aromatic heterocycles. The van der Waals surface area contributed by atoms with Crippen LogP contribution in [-0.4, -0.2) is 47.5 Å². The molecule has 0 heterocycles. The predicted octanol–water partition coefficient (Wildman–Crippen LogP) is 0.591. The lowest BCUT2D eigenvalue weighted by molar-refractivity contribution is -0.170. The molecule has 3 N–H and O–H groups in total. The third-order valence-electron chi connectivity index (χ3n) is 2.56. The van der Waals surface area contributed by atoms with Crippen LogP contribution in [0, 0.1) is 0 Å². The Bertz CT molecular complexity index is 446. The van der Waals surface area contributed by atoms with Gasteiger partial charge >= 0.3 is 6.09 Å². The van der Waals surface area contributed by atoms with Crippen molar-refractivity contribution in [3.63, 3.8) is 0 Å². The molecule has 0 bridgehead atoms. The predicted molar refractivity (Wildman–Crippen MR) is 66.5 cm³/mol. The van der Waals surface area contributed by atoms with Gasteiger partial charge in [-0.15, -0.1) is 0 Å². The Morgan fingerprint density at radius 3 is 2.42 bits per heavy atom. The molecule has 1 aromatic rings. The van der Waals surface area contributed by atoms with Gasteiger partial charge in [0.05, 0.1) is 7.11 Å². The molecular formula is C12H16N2O5. The Hall–Kier alpha value is -2.28. The van der Waals surface area contributed by atoms with E-state index in [-0.39, 0.29) is 12.2 Å². The van der Waals surface area contributed by atoms with Gasteiger partial charge in [-0.25, -0.2) is 9.86 Å². The Kier molecular flexibility index (Phi) is 5.13. The van der Waals surface area contributed by atoms with Gasteiger partial charge in [-0.05, 0) is 17.7 Å². The quantitative estimate of drug-likeness (QED) is 0.679. The van der Waals surface area contributed by atoms with Crippen LogP contribution < -0.4 is 5.32 Å². The first-order valence-corrected chi connectivity index (χ1v) is 5.53. The minimum absolute atomic E-state index is 0.104. The number of aromatic hydroxyl groups is 1. The van der Waals surface area contributed by atoms with E-state index >= 15 is 0 Å². The largest absolute Gasteiger partial charge is 0.508 e. The SMILES string of the molecule is CON(C)C(=O)[C@H](Cc1ccc(O)cc1)NC(=O)O. The molecule has 104 valence electrons. The second-order valence-electron chi connectivity index (χ2n) is 3.89. The molecule has 7 nitrogen and oxygen atoms in total. The second-order valence-corrected chi connectivity index (χ2v) is 3.89. The highest BCUT2D eigenvalue weighted by molar-refractivity contribution is 5.84. The van der Waals surface area contributed by atoms with Crippen LogP contribution in [-0.2, 0) is 16.1 Å². The maximum absolute atomic E-state index is 11.9. The molecule has 7 heteroatoms. The maximum Gasteiger partial charge on any atom is 0.405 e. The number of nitrogens with zero attached hydrogens (tertiary/aromatic N) is 1. The summed E-state index contributed by atoms with van der Waals surface area (Å²) in [6.45, 7) is 0. The zero-order valence-corrected chi connectivity index (χ0v) is 10.7. The average molecular weight is 268 g/mol. The van der Waals surface area contributed by atoms with Crippen molar-refractivity contribution in [3.8, 4) is 5.75 Å². The molecular weight excluding hydrogens is 252 g/mol. The molecule has 0 spiro atoms. The molecule has 1 atom stereocenters. The number of benzene rings is 1. The van der Waals surface area contributed by atoms with Crippen LogP contribution in [0.5, 0.6) is 5.75 Å². The number of amides is 2. The molecule has 1 aromatic carbocycles. The first kappa shape index (κ1) is 14.8. The Morgan fingerprint density at radius 1 is 1.37 bits per heavy atom. The summed E-state index contributed by atoms with van der Waals surface area (Å²) in [5.74, 6) is -0.398. The van der Waals surface area contributed by atoms with Gasteiger partial charge in [0.25, 0.3) is 5.91 Å². The third kappa shape index (κ3) is 4.47. The molecule has 19 heavy (non-hydrogen) atoms. The van der Waals surface area contributed by atoms with Crippen LogP contribution in [0.1, 0.15) is 5.56 Å². The monoisotopic (exact) mass is 268 g/mol. The van der Waals surface area contributed by atoms with Gasteiger partial charge in [-0.3, -0.25) is 9.63 Å². The summed E-state index contributed by atoms with van der Waals surface area (Å²) < 4.78 is 0. The van der Waals surface area contributed by atoms with Crippen molar-refractivity contribution in [2.24, 2.45) is 0 Å². The number of phenols is 1. The van der Waals surface area contributed by atoms with Gasteiger partial charge in [0.1, 0.15) is 11.8 Å². The fourth-order valence-electron chi connectivity index (χ4n) is 1.53. The van der Waals surface area contributed by atoms with E-state index in [1.165, 1.54) is 26.3 Å². The molecule has 0 fully saturated rings. The van der Waals surface area contributed by atoms with Gasteiger partial charge in [-0.2, -0.15) is 0 Å². The van der Waals surface area contributed by atoms with E-state index in [9.17, 15) is 9.59 Å². The lowest BCUT2D eigenvalue weighted by atomic mass is 10.1. The number of phenolic OH excluding ortho intramolecular Hbond substituents is 1. The summed E-state index contributed by atoms with van der Waals surface area (Å²) in [5, 5.41) is 21.0. The fraction of sp³-hybridized carbons (Fsp3) is 0.333. The highest BCUT2D eigenvalue weighted by atomic mass is 16.7. The number of likely N-dealkylation sites (N-methyl/N-ethyl adjacent to an activating group) is 1. The van der Waals surface area contributed by atoms with Crippen molar-refractivity contribution in [2.45, 2.75) is 12.5 Å². The minimum Gasteiger partial charge on any atom is -0.508 e. The highest BCUT2D eigenvalue weighted by Gasteiger charge is 2.24. The van der Waals surface area contributed by atoms with E-state index in [0.717, 1.165) is 10.6 Å². The van der Waals surface area contributed by atoms with E-state index in [0.29, 0.717) is 0 Å². The normalized spacial score (nSPS) is 11.7. The van der Waals surface area contributed by atoms with Crippen molar-refractivity contribution in [1.82, 2.24) is 10.4 Å². The van der Waals surface area contributed by atoms with Crippen molar-refractivity contribution in [3.05, 3.63) is 29.8 Å². The van der Waals surface area contributed by atoms with E-state index in [1.54, 1.807) is 12.1 Å². The zero-order valence-electron chi connectivity index (χ0n) is 10.7. The Labute approximate surface area is 110 Å². The van der Waals surface area contributed by atoms with Crippen LogP contribution in [0.2, 0.25) is 0 Å². The molecule has 2 amide bonds. The lowest BCUT2D eigenvalue weighted by Gasteiger charge is -2.21. The summed E-state index contributed by atoms with van der Waals surface area (Å²) in [7, 11) is 2.71. The maximum atomic E-state index is 11.9. The number of hydrogen-bond acceptors (Lipinski definition) is 4. The van der Waals surface area contributed by atoms with Gasteiger partial charge in [0, 0.05) is 13.5 Å². The van der Waals surface area contributed by atoms with E-state index in [4.69, 9.17) is 15.1 Å². The standard InChI is InChI=1S/C12H16N2O5/c1-14(19-2)11(16)10(13-12(17)18)7-8-3-5-9(15)6-4-8/h3-6,10,13,15H,7H2,1-2H3,(H,17,18)/t10-/m0/s1. The molecule has 0 aliphatic rings. The van der Waals surface area contributed by atoms with Gasteiger partial charge in [-0.1, -0.05) is 12.1 Å². The topological polar surface area (TPSA) is 99.1 Å².